The second kappa shape index (κ2) is 9.84. The molecule has 1 amide bonds. The summed E-state index contributed by atoms with van der Waals surface area (Å²) >= 11 is 0. The Morgan fingerprint density at radius 2 is 1.72 bits per heavy atom. The van der Waals surface area contributed by atoms with E-state index in [1.54, 1.807) is 36.4 Å². The number of rotatable bonds is 8. The van der Waals surface area contributed by atoms with Gasteiger partial charge in [0.2, 0.25) is 0 Å². The number of carbonyl (C=O) groups is 1. The summed E-state index contributed by atoms with van der Waals surface area (Å²) in [6.07, 6.45) is 1.36. The normalized spacial score (nSPS) is 11.2. The van der Waals surface area contributed by atoms with Gasteiger partial charge in [0.15, 0.2) is 11.5 Å². The third-order valence-electron chi connectivity index (χ3n) is 4.34. The average molecular weight is 455 g/mol. The highest BCUT2D eigenvalue weighted by atomic mass is 32.2. The van der Waals surface area contributed by atoms with Gasteiger partial charge in [-0.25, -0.2) is 13.8 Å². The zero-order chi connectivity index (χ0) is 23.1. The molecule has 0 aliphatic carbocycles. The molecule has 3 rings (SSSR count). The second-order valence-electron chi connectivity index (χ2n) is 6.46. The molecule has 0 unspecified atom stereocenters. The topological polar surface area (TPSA) is 126 Å². The Balaban J connectivity index is 1.74. The predicted molar refractivity (Wildman–Crippen MR) is 120 cm³/mol. The van der Waals surface area contributed by atoms with Crippen molar-refractivity contribution in [2.45, 2.75) is 4.90 Å². The number of hydrazone groups is 1. The molecule has 0 aliphatic rings. The van der Waals surface area contributed by atoms with Crippen LogP contribution in [0.5, 0.6) is 17.2 Å². The van der Waals surface area contributed by atoms with E-state index in [4.69, 9.17) is 9.47 Å². The van der Waals surface area contributed by atoms with E-state index in [1.807, 2.05) is 0 Å². The molecule has 0 saturated carbocycles. The number of amides is 1. The Labute approximate surface area is 185 Å². The Bertz CT molecular complexity index is 1260. The highest BCUT2D eigenvalue weighted by molar-refractivity contribution is 7.92. The molecule has 0 aliphatic heterocycles. The lowest BCUT2D eigenvalue weighted by Crippen LogP contribution is -2.19. The van der Waals surface area contributed by atoms with Crippen LogP contribution in [-0.2, 0) is 10.0 Å². The number of benzene rings is 3. The van der Waals surface area contributed by atoms with E-state index < -0.39 is 15.9 Å². The van der Waals surface area contributed by atoms with Gasteiger partial charge in [0, 0.05) is 5.56 Å². The van der Waals surface area contributed by atoms with E-state index in [1.165, 1.54) is 50.8 Å². The minimum absolute atomic E-state index is 0.0200. The lowest BCUT2D eigenvalue weighted by atomic mass is 10.2. The van der Waals surface area contributed by atoms with Crippen LogP contribution in [0.25, 0.3) is 0 Å². The van der Waals surface area contributed by atoms with E-state index >= 15 is 0 Å². The molecular weight excluding hydrogens is 434 g/mol. The van der Waals surface area contributed by atoms with Gasteiger partial charge in [-0.2, -0.15) is 5.10 Å². The van der Waals surface area contributed by atoms with Gasteiger partial charge in [-0.05, 0) is 54.1 Å². The predicted octanol–water partition coefficient (Wildman–Crippen LogP) is 2.97. The lowest BCUT2D eigenvalue weighted by Gasteiger charge is -2.12. The largest absolute Gasteiger partial charge is 0.504 e. The monoisotopic (exact) mass is 455 g/mol. The summed E-state index contributed by atoms with van der Waals surface area (Å²) in [5.74, 6) is 0.0145. The van der Waals surface area contributed by atoms with Gasteiger partial charge in [-0.3, -0.25) is 9.52 Å². The maximum atomic E-state index is 12.8. The van der Waals surface area contributed by atoms with Crippen molar-refractivity contribution in [2.24, 2.45) is 5.10 Å². The van der Waals surface area contributed by atoms with Crippen molar-refractivity contribution in [1.29, 1.82) is 0 Å². The van der Waals surface area contributed by atoms with Crippen molar-refractivity contribution in [3.05, 3.63) is 77.9 Å². The van der Waals surface area contributed by atoms with Gasteiger partial charge in [0.25, 0.3) is 15.9 Å². The van der Waals surface area contributed by atoms with Gasteiger partial charge in [-0.1, -0.05) is 18.2 Å². The van der Waals surface area contributed by atoms with Crippen LogP contribution in [0.1, 0.15) is 15.9 Å². The maximum absolute atomic E-state index is 12.8. The molecule has 10 heteroatoms. The second-order valence-corrected chi connectivity index (χ2v) is 8.15. The molecule has 3 aromatic rings. The fraction of sp³-hybridized carbons (Fsp3) is 0.0909. The van der Waals surface area contributed by atoms with Crippen molar-refractivity contribution in [3.63, 3.8) is 0 Å². The quantitative estimate of drug-likeness (QED) is 0.354. The molecule has 3 N–H and O–H groups in total. The molecule has 9 nitrogen and oxygen atoms in total. The molecule has 0 heterocycles. The van der Waals surface area contributed by atoms with Crippen LogP contribution in [0.2, 0.25) is 0 Å². The SMILES string of the molecule is COc1cc(/C=N/NC(=O)c2cccc(S(=O)(=O)Nc3ccccc3OC)c2)ccc1O. The highest BCUT2D eigenvalue weighted by Gasteiger charge is 2.18. The van der Waals surface area contributed by atoms with Crippen LogP contribution in [0.3, 0.4) is 0 Å². The Morgan fingerprint density at radius 3 is 2.47 bits per heavy atom. The number of nitrogens with one attached hydrogen (secondary N) is 2. The summed E-state index contributed by atoms with van der Waals surface area (Å²) < 4.78 is 38.2. The lowest BCUT2D eigenvalue weighted by molar-refractivity contribution is 0.0955. The van der Waals surface area contributed by atoms with Crippen molar-refractivity contribution in [3.8, 4) is 17.2 Å². The zero-order valence-corrected chi connectivity index (χ0v) is 18.1. The number of carbonyl (C=O) groups excluding carboxylic acids is 1. The average Bonchev–Trinajstić information content (AvgIpc) is 2.80. The summed E-state index contributed by atoms with van der Waals surface area (Å²) in [6, 6.07) is 16.7. The molecule has 0 fully saturated rings. The Morgan fingerprint density at radius 1 is 0.969 bits per heavy atom. The zero-order valence-electron chi connectivity index (χ0n) is 17.3. The Hall–Kier alpha value is -4.05. The van der Waals surface area contributed by atoms with Gasteiger partial charge < -0.3 is 14.6 Å². The number of phenols is 1. The first-order valence-electron chi connectivity index (χ1n) is 9.30. The molecule has 0 saturated heterocycles. The molecule has 0 radical (unpaired) electrons. The molecule has 166 valence electrons. The van der Waals surface area contributed by atoms with Crippen molar-refractivity contribution >= 4 is 27.8 Å². The number of hydrogen-bond acceptors (Lipinski definition) is 7. The fourth-order valence-electron chi connectivity index (χ4n) is 2.74. The summed E-state index contributed by atoms with van der Waals surface area (Å²) in [7, 11) is -1.11. The van der Waals surface area contributed by atoms with Crippen molar-refractivity contribution < 1.29 is 27.8 Å². The van der Waals surface area contributed by atoms with E-state index in [-0.39, 0.29) is 27.6 Å². The van der Waals surface area contributed by atoms with Crippen LogP contribution in [-0.4, -0.2) is 39.9 Å². The number of sulfonamides is 1. The number of phenolic OH excluding ortho intramolecular Hbond substituents is 1. The molecular formula is C22H21N3O6S. The van der Waals surface area contributed by atoms with E-state index in [9.17, 15) is 18.3 Å². The van der Waals surface area contributed by atoms with Gasteiger partial charge in [0.05, 0.1) is 31.0 Å². The summed E-state index contributed by atoms with van der Waals surface area (Å²) in [6.45, 7) is 0. The maximum Gasteiger partial charge on any atom is 0.271 e. The number of ether oxygens (including phenoxy) is 2. The molecule has 0 spiro atoms. The van der Waals surface area contributed by atoms with Gasteiger partial charge in [0.1, 0.15) is 5.75 Å². The minimum Gasteiger partial charge on any atom is -0.504 e. The number of nitrogens with zero attached hydrogens (tertiary/aromatic N) is 1. The number of aromatic hydroxyl groups is 1. The molecule has 0 aromatic heterocycles. The van der Waals surface area contributed by atoms with Crippen LogP contribution < -0.4 is 19.6 Å². The van der Waals surface area contributed by atoms with E-state index in [2.05, 4.69) is 15.2 Å². The number of methoxy groups -OCH3 is 2. The number of anilines is 1. The first-order valence-corrected chi connectivity index (χ1v) is 10.8. The van der Waals surface area contributed by atoms with Gasteiger partial charge >= 0.3 is 0 Å². The van der Waals surface area contributed by atoms with E-state index in [0.717, 1.165) is 0 Å². The van der Waals surface area contributed by atoms with Crippen LogP contribution in [0, 0.1) is 0 Å². The van der Waals surface area contributed by atoms with E-state index in [0.29, 0.717) is 11.3 Å². The smallest absolute Gasteiger partial charge is 0.271 e. The first kappa shape index (κ1) is 22.6. The summed E-state index contributed by atoms with van der Waals surface area (Å²) in [4.78, 5) is 12.3. The number of hydrogen-bond donors (Lipinski definition) is 3. The third-order valence-corrected chi connectivity index (χ3v) is 5.70. The highest BCUT2D eigenvalue weighted by Crippen LogP contribution is 2.27. The van der Waals surface area contributed by atoms with Crippen LogP contribution >= 0.6 is 0 Å². The molecule has 0 atom stereocenters. The molecule has 32 heavy (non-hydrogen) atoms. The standard InChI is InChI=1S/C22H21N3O6S/c1-30-20-9-4-3-8-18(20)25-32(28,29)17-7-5-6-16(13-17)22(27)24-23-14-15-10-11-19(26)21(12-15)31-2/h3-14,25-26H,1-2H3,(H,24,27)/b23-14+. The third kappa shape index (κ3) is 5.35. The van der Waals surface area contributed by atoms with Crippen molar-refractivity contribution in [2.75, 3.05) is 18.9 Å². The number of para-hydroxylation sites is 2. The van der Waals surface area contributed by atoms with Crippen LogP contribution in [0.4, 0.5) is 5.69 Å². The minimum atomic E-state index is -3.96. The first-order chi connectivity index (χ1) is 15.3. The Kier molecular flexibility index (Phi) is 6.96. The fourth-order valence-corrected chi connectivity index (χ4v) is 3.86. The van der Waals surface area contributed by atoms with Crippen molar-refractivity contribution in [1.82, 2.24) is 5.43 Å². The molecule has 3 aromatic carbocycles. The van der Waals surface area contributed by atoms with Gasteiger partial charge in [-0.15, -0.1) is 0 Å². The molecule has 0 bridgehead atoms. The van der Waals surface area contributed by atoms with Crippen LogP contribution in [0.15, 0.2) is 76.7 Å². The summed E-state index contributed by atoms with van der Waals surface area (Å²) in [5, 5.41) is 13.5. The summed E-state index contributed by atoms with van der Waals surface area (Å²) in [5.41, 5.74) is 3.30.